The zero-order valence-electron chi connectivity index (χ0n) is 19.2. The molecular formula is C25H34N6O. The Morgan fingerprint density at radius 1 is 0.906 bits per heavy atom. The Labute approximate surface area is 191 Å². The van der Waals surface area contributed by atoms with Crippen molar-refractivity contribution in [3.8, 4) is 5.75 Å². The highest BCUT2D eigenvalue weighted by Gasteiger charge is 2.28. The maximum Gasteiger partial charge on any atom is 0.168 e. The quantitative estimate of drug-likeness (QED) is 0.484. The number of aromatic nitrogens is 4. The van der Waals surface area contributed by atoms with Crippen LogP contribution < -0.4 is 4.74 Å². The zero-order chi connectivity index (χ0) is 22.2. The van der Waals surface area contributed by atoms with E-state index in [0.29, 0.717) is 6.54 Å². The third-order valence-electron chi connectivity index (χ3n) is 6.28. The fourth-order valence-corrected chi connectivity index (χ4v) is 4.41. The van der Waals surface area contributed by atoms with E-state index in [1.807, 2.05) is 16.8 Å². The number of rotatable bonds is 10. The van der Waals surface area contributed by atoms with Gasteiger partial charge in [0.15, 0.2) is 5.82 Å². The second kappa shape index (κ2) is 11.2. The Kier molecular flexibility index (Phi) is 7.85. The van der Waals surface area contributed by atoms with Crippen LogP contribution in [0.5, 0.6) is 5.75 Å². The summed E-state index contributed by atoms with van der Waals surface area (Å²) in [6.45, 7) is 8.14. The molecule has 1 fully saturated rings. The molecular weight excluding hydrogens is 400 g/mol. The second-order valence-corrected chi connectivity index (χ2v) is 8.50. The molecule has 1 aliphatic rings. The molecule has 7 nitrogen and oxygen atoms in total. The summed E-state index contributed by atoms with van der Waals surface area (Å²) in [5.41, 5.74) is 2.55. The van der Waals surface area contributed by atoms with E-state index in [4.69, 9.17) is 4.74 Å². The zero-order valence-corrected chi connectivity index (χ0v) is 19.2. The molecule has 3 aromatic rings. The number of ether oxygens (including phenoxy) is 1. The fourth-order valence-electron chi connectivity index (χ4n) is 4.41. The van der Waals surface area contributed by atoms with Crippen molar-refractivity contribution in [2.24, 2.45) is 0 Å². The molecule has 1 saturated heterocycles. The van der Waals surface area contributed by atoms with Crippen molar-refractivity contribution >= 4 is 0 Å². The smallest absolute Gasteiger partial charge is 0.168 e. The minimum atomic E-state index is 0.252. The van der Waals surface area contributed by atoms with E-state index in [9.17, 15) is 0 Å². The van der Waals surface area contributed by atoms with Crippen LogP contribution in [0.25, 0.3) is 0 Å². The largest absolute Gasteiger partial charge is 0.497 e. The molecule has 0 spiro atoms. The lowest BCUT2D eigenvalue weighted by Crippen LogP contribution is -2.47. The number of hydrogen-bond acceptors (Lipinski definition) is 6. The van der Waals surface area contributed by atoms with Crippen molar-refractivity contribution in [2.75, 3.05) is 33.3 Å². The number of nitrogens with zero attached hydrogens (tertiary/aromatic N) is 6. The van der Waals surface area contributed by atoms with Crippen molar-refractivity contribution in [1.29, 1.82) is 0 Å². The van der Waals surface area contributed by atoms with Gasteiger partial charge in [0.1, 0.15) is 5.75 Å². The number of benzene rings is 2. The van der Waals surface area contributed by atoms with Crippen LogP contribution in [0.4, 0.5) is 0 Å². The highest BCUT2D eigenvalue weighted by atomic mass is 16.5. The highest BCUT2D eigenvalue weighted by molar-refractivity contribution is 5.27. The van der Waals surface area contributed by atoms with Crippen LogP contribution in [0.3, 0.4) is 0 Å². The van der Waals surface area contributed by atoms with Crippen LogP contribution in [-0.4, -0.2) is 63.3 Å². The van der Waals surface area contributed by atoms with Crippen LogP contribution in [0.15, 0.2) is 54.6 Å². The summed E-state index contributed by atoms with van der Waals surface area (Å²) < 4.78 is 7.25. The summed E-state index contributed by atoms with van der Waals surface area (Å²) in [5, 5.41) is 12.9. The van der Waals surface area contributed by atoms with Gasteiger partial charge < -0.3 is 4.74 Å². The molecule has 1 atom stereocenters. The first-order valence-electron chi connectivity index (χ1n) is 11.7. The lowest BCUT2D eigenvalue weighted by molar-refractivity contribution is 0.0814. The van der Waals surface area contributed by atoms with E-state index in [1.165, 1.54) is 24.0 Å². The molecule has 2 heterocycles. The lowest BCUT2D eigenvalue weighted by atomic mass is 10.1. The monoisotopic (exact) mass is 434 g/mol. The minimum absolute atomic E-state index is 0.252. The first-order valence-corrected chi connectivity index (χ1v) is 11.7. The molecule has 0 aliphatic carbocycles. The van der Waals surface area contributed by atoms with Crippen LogP contribution >= 0.6 is 0 Å². The Morgan fingerprint density at radius 3 is 2.31 bits per heavy atom. The van der Waals surface area contributed by atoms with Crippen LogP contribution in [0.2, 0.25) is 0 Å². The second-order valence-electron chi connectivity index (χ2n) is 8.50. The summed E-state index contributed by atoms with van der Waals surface area (Å²) >= 11 is 0. The van der Waals surface area contributed by atoms with Gasteiger partial charge in [-0.2, -0.15) is 0 Å². The Hall–Kier alpha value is -2.77. The molecule has 170 valence electrons. The van der Waals surface area contributed by atoms with E-state index < -0.39 is 0 Å². The Balaban J connectivity index is 1.43. The molecule has 0 saturated carbocycles. The molecule has 0 radical (unpaired) electrons. The average Bonchev–Trinajstić information content (AvgIpc) is 3.29. The topological polar surface area (TPSA) is 59.3 Å². The first-order chi connectivity index (χ1) is 15.8. The SMILES string of the molecule is CCCCC(c1nnnn1Cc1ccc(OC)cc1)N1CCN(Cc2ccccc2)CC1. The number of tetrazole rings is 1. The third-order valence-corrected chi connectivity index (χ3v) is 6.28. The summed E-state index contributed by atoms with van der Waals surface area (Å²) in [4.78, 5) is 5.12. The maximum absolute atomic E-state index is 5.28. The van der Waals surface area contributed by atoms with Gasteiger partial charge in [0.25, 0.3) is 0 Å². The number of piperazine rings is 1. The molecule has 1 aromatic heterocycles. The minimum Gasteiger partial charge on any atom is -0.497 e. The van der Waals surface area contributed by atoms with E-state index in [-0.39, 0.29) is 6.04 Å². The fraction of sp³-hybridized carbons (Fsp3) is 0.480. The van der Waals surface area contributed by atoms with Gasteiger partial charge in [-0.15, -0.1) is 5.10 Å². The first kappa shape index (κ1) is 22.4. The third kappa shape index (κ3) is 5.72. The Bertz CT molecular complexity index is 935. The van der Waals surface area contributed by atoms with Crippen molar-refractivity contribution in [1.82, 2.24) is 30.0 Å². The molecule has 4 rings (SSSR count). The standard InChI is InChI=1S/C25H34N6O/c1-3-4-10-24(30-17-15-29(16-18-30)19-21-8-6-5-7-9-21)25-26-27-28-31(25)20-22-11-13-23(32-2)14-12-22/h5-9,11-14,24H,3-4,10,15-20H2,1-2H3. The predicted octanol–water partition coefficient (Wildman–Crippen LogP) is 3.78. The lowest BCUT2D eigenvalue weighted by Gasteiger charge is -2.38. The molecule has 7 heteroatoms. The average molecular weight is 435 g/mol. The van der Waals surface area contributed by atoms with Gasteiger partial charge in [-0.25, -0.2) is 4.68 Å². The molecule has 0 amide bonds. The highest BCUT2D eigenvalue weighted by Crippen LogP contribution is 2.27. The number of hydrogen-bond donors (Lipinski definition) is 0. The Morgan fingerprint density at radius 2 is 1.62 bits per heavy atom. The van der Waals surface area contributed by atoms with Gasteiger partial charge in [0, 0.05) is 32.7 Å². The van der Waals surface area contributed by atoms with Crippen LogP contribution in [-0.2, 0) is 13.1 Å². The number of methoxy groups -OCH3 is 1. The van der Waals surface area contributed by atoms with E-state index in [2.05, 4.69) is 74.7 Å². The van der Waals surface area contributed by atoms with E-state index >= 15 is 0 Å². The van der Waals surface area contributed by atoms with Gasteiger partial charge >= 0.3 is 0 Å². The normalized spacial score (nSPS) is 16.2. The number of unbranched alkanes of at least 4 members (excludes halogenated alkanes) is 1. The van der Waals surface area contributed by atoms with Crippen molar-refractivity contribution in [2.45, 2.75) is 45.3 Å². The van der Waals surface area contributed by atoms with Crippen molar-refractivity contribution in [3.05, 3.63) is 71.5 Å². The molecule has 2 aromatic carbocycles. The van der Waals surface area contributed by atoms with Crippen molar-refractivity contribution in [3.63, 3.8) is 0 Å². The molecule has 0 N–H and O–H groups in total. The molecule has 0 bridgehead atoms. The van der Waals surface area contributed by atoms with Gasteiger partial charge in [0.05, 0.1) is 19.7 Å². The van der Waals surface area contributed by atoms with E-state index in [0.717, 1.165) is 50.7 Å². The van der Waals surface area contributed by atoms with Crippen LogP contribution in [0, 0.1) is 0 Å². The van der Waals surface area contributed by atoms with Crippen LogP contribution in [0.1, 0.15) is 49.2 Å². The van der Waals surface area contributed by atoms with E-state index in [1.54, 1.807) is 7.11 Å². The summed E-state index contributed by atoms with van der Waals surface area (Å²) in [6, 6.07) is 19.1. The molecule has 1 aliphatic heterocycles. The maximum atomic E-state index is 5.28. The molecule has 1 unspecified atom stereocenters. The summed E-state index contributed by atoms with van der Waals surface area (Å²) in [6.07, 6.45) is 3.42. The van der Waals surface area contributed by atoms with Gasteiger partial charge in [-0.1, -0.05) is 62.2 Å². The predicted molar refractivity (Wildman–Crippen MR) is 125 cm³/mol. The van der Waals surface area contributed by atoms with Crippen molar-refractivity contribution < 1.29 is 4.74 Å². The summed E-state index contributed by atoms with van der Waals surface area (Å²) in [5.74, 6) is 1.84. The van der Waals surface area contributed by atoms with Gasteiger partial charge in [-0.3, -0.25) is 9.80 Å². The molecule has 32 heavy (non-hydrogen) atoms. The summed E-state index contributed by atoms with van der Waals surface area (Å²) in [7, 11) is 1.69. The van der Waals surface area contributed by atoms with Gasteiger partial charge in [0.2, 0.25) is 0 Å². The van der Waals surface area contributed by atoms with Gasteiger partial charge in [-0.05, 0) is 40.1 Å².